The zero-order valence-corrected chi connectivity index (χ0v) is 11.4. The maximum Gasteiger partial charge on any atom is 0.225 e. The van der Waals surface area contributed by atoms with Crippen LogP contribution < -0.4 is 5.73 Å². The van der Waals surface area contributed by atoms with Gasteiger partial charge < -0.3 is 15.3 Å². The van der Waals surface area contributed by atoms with E-state index in [1.807, 2.05) is 0 Å². The molecular formula is C13H18N4O3. The van der Waals surface area contributed by atoms with Crippen LogP contribution in [0.15, 0.2) is 16.5 Å². The van der Waals surface area contributed by atoms with Gasteiger partial charge in [-0.25, -0.2) is 9.67 Å². The van der Waals surface area contributed by atoms with Gasteiger partial charge in [0.15, 0.2) is 17.4 Å². The standard InChI is InChI=1S/C13H18N4O3/c1-2-3-6-17-13(10-5-4-9(8-18)20-10)15-12(16-17)7-11(14)19/h4-5,18H,2-3,6-8H2,1H3,(H2,14,19). The Labute approximate surface area is 116 Å². The number of primary amides is 1. The second-order valence-electron chi connectivity index (χ2n) is 4.50. The summed E-state index contributed by atoms with van der Waals surface area (Å²) in [6.45, 7) is 2.60. The van der Waals surface area contributed by atoms with Gasteiger partial charge in [0, 0.05) is 6.54 Å². The van der Waals surface area contributed by atoms with Crippen LogP contribution in [0.4, 0.5) is 0 Å². The molecule has 2 aromatic rings. The van der Waals surface area contributed by atoms with E-state index >= 15 is 0 Å². The summed E-state index contributed by atoms with van der Waals surface area (Å²) in [7, 11) is 0. The number of hydrogen-bond acceptors (Lipinski definition) is 5. The Morgan fingerprint density at radius 3 is 2.90 bits per heavy atom. The topological polar surface area (TPSA) is 107 Å². The largest absolute Gasteiger partial charge is 0.455 e. The minimum Gasteiger partial charge on any atom is -0.455 e. The highest BCUT2D eigenvalue weighted by Gasteiger charge is 2.16. The summed E-state index contributed by atoms with van der Waals surface area (Å²) in [6, 6.07) is 3.41. The highest BCUT2D eigenvalue weighted by atomic mass is 16.4. The SMILES string of the molecule is CCCCn1nc(CC(N)=O)nc1-c1ccc(CO)o1. The van der Waals surface area contributed by atoms with Crippen LogP contribution in [0.5, 0.6) is 0 Å². The number of unbranched alkanes of at least 4 members (excludes halogenated alkanes) is 1. The first kappa shape index (κ1) is 14.3. The summed E-state index contributed by atoms with van der Waals surface area (Å²) in [5, 5.41) is 13.3. The normalized spacial score (nSPS) is 10.9. The summed E-state index contributed by atoms with van der Waals surface area (Å²) < 4.78 is 7.18. The first-order valence-electron chi connectivity index (χ1n) is 6.56. The minimum atomic E-state index is -0.473. The number of nitrogens with two attached hydrogens (primary N) is 1. The van der Waals surface area contributed by atoms with Gasteiger partial charge in [0.05, 0.1) is 6.42 Å². The molecule has 0 bridgehead atoms. The number of aromatic nitrogens is 3. The lowest BCUT2D eigenvalue weighted by molar-refractivity contribution is -0.117. The first-order chi connectivity index (χ1) is 9.63. The van der Waals surface area contributed by atoms with Gasteiger partial charge in [-0.3, -0.25) is 4.79 Å². The van der Waals surface area contributed by atoms with E-state index in [-0.39, 0.29) is 13.0 Å². The Kier molecular flexibility index (Phi) is 4.52. The Balaban J connectivity index is 2.32. The fourth-order valence-electron chi connectivity index (χ4n) is 1.85. The molecule has 0 saturated heterocycles. The summed E-state index contributed by atoms with van der Waals surface area (Å²) in [4.78, 5) is 15.3. The quantitative estimate of drug-likeness (QED) is 0.781. The lowest BCUT2D eigenvalue weighted by Gasteiger charge is -2.02. The van der Waals surface area contributed by atoms with Crippen molar-refractivity contribution in [1.29, 1.82) is 0 Å². The number of carbonyl (C=O) groups is 1. The molecule has 0 atom stereocenters. The van der Waals surface area contributed by atoms with Crippen molar-refractivity contribution < 1.29 is 14.3 Å². The van der Waals surface area contributed by atoms with Gasteiger partial charge in [-0.05, 0) is 18.6 Å². The van der Waals surface area contributed by atoms with Gasteiger partial charge in [0.2, 0.25) is 5.91 Å². The van der Waals surface area contributed by atoms with Gasteiger partial charge in [0.25, 0.3) is 0 Å². The van der Waals surface area contributed by atoms with Crippen molar-refractivity contribution in [3.05, 3.63) is 23.7 Å². The zero-order chi connectivity index (χ0) is 14.5. The molecule has 0 fully saturated rings. The van der Waals surface area contributed by atoms with E-state index in [0.29, 0.717) is 29.7 Å². The van der Waals surface area contributed by atoms with E-state index in [1.165, 1.54) is 0 Å². The van der Waals surface area contributed by atoms with Crippen molar-refractivity contribution in [1.82, 2.24) is 14.8 Å². The van der Waals surface area contributed by atoms with Gasteiger partial charge in [-0.1, -0.05) is 13.3 Å². The number of hydrogen-bond donors (Lipinski definition) is 2. The number of aliphatic hydroxyl groups is 1. The number of rotatable bonds is 7. The Morgan fingerprint density at radius 1 is 1.50 bits per heavy atom. The molecule has 0 aliphatic carbocycles. The number of carbonyl (C=O) groups excluding carboxylic acids is 1. The molecule has 1 amide bonds. The van der Waals surface area contributed by atoms with E-state index in [1.54, 1.807) is 16.8 Å². The van der Waals surface area contributed by atoms with Gasteiger partial charge in [-0.15, -0.1) is 0 Å². The lowest BCUT2D eigenvalue weighted by atomic mass is 10.3. The molecule has 0 aliphatic rings. The van der Waals surface area contributed by atoms with Gasteiger partial charge in [0.1, 0.15) is 12.4 Å². The Hall–Kier alpha value is -2.15. The van der Waals surface area contributed by atoms with Crippen LogP contribution in [0.1, 0.15) is 31.4 Å². The van der Waals surface area contributed by atoms with Crippen LogP contribution >= 0.6 is 0 Å². The van der Waals surface area contributed by atoms with Crippen LogP contribution in [0.25, 0.3) is 11.6 Å². The van der Waals surface area contributed by atoms with Crippen molar-refractivity contribution in [2.45, 2.75) is 39.3 Å². The summed E-state index contributed by atoms with van der Waals surface area (Å²) >= 11 is 0. The fraction of sp³-hybridized carbons (Fsp3) is 0.462. The van der Waals surface area contributed by atoms with Crippen molar-refractivity contribution in [3.63, 3.8) is 0 Å². The van der Waals surface area contributed by atoms with Gasteiger partial charge >= 0.3 is 0 Å². The Bertz CT molecular complexity index is 588. The lowest BCUT2D eigenvalue weighted by Crippen LogP contribution is -2.14. The predicted molar refractivity (Wildman–Crippen MR) is 71.5 cm³/mol. The fourth-order valence-corrected chi connectivity index (χ4v) is 1.85. The summed E-state index contributed by atoms with van der Waals surface area (Å²) in [5.74, 6) is 1.44. The zero-order valence-electron chi connectivity index (χ0n) is 11.4. The third-order valence-corrected chi connectivity index (χ3v) is 2.81. The average molecular weight is 278 g/mol. The molecule has 0 saturated carbocycles. The molecule has 20 heavy (non-hydrogen) atoms. The number of aryl methyl sites for hydroxylation is 1. The molecule has 2 rings (SSSR count). The van der Waals surface area contributed by atoms with Crippen molar-refractivity contribution in [2.75, 3.05) is 0 Å². The molecule has 0 unspecified atom stereocenters. The Morgan fingerprint density at radius 2 is 2.30 bits per heavy atom. The van der Waals surface area contributed by atoms with Crippen LogP contribution in [-0.2, 0) is 24.4 Å². The second-order valence-corrected chi connectivity index (χ2v) is 4.50. The van der Waals surface area contributed by atoms with Gasteiger partial charge in [-0.2, -0.15) is 5.10 Å². The maximum absolute atomic E-state index is 11.0. The van der Waals surface area contributed by atoms with Crippen LogP contribution in [-0.4, -0.2) is 25.8 Å². The molecule has 7 heteroatoms. The molecule has 0 aliphatic heterocycles. The first-order valence-corrected chi connectivity index (χ1v) is 6.56. The average Bonchev–Trinajstić information content (AvgIpc) is 3.01. The van der Waals surface area contributed by atoms with Crippen molar-refractivity contribution >= 4 is 5.91 Å². The molecule has 0 spiro atoms. The van der Waals surface area contributed by atoms with Crippen LogP contribution in [0, 0.1) is 0 Å². The highest BCUT2D eigenvalue weighted by molar-refractivity contribution is 5.75. The van der Waals surface area contributed by atoms with E-state index in [0.717, 1.165) is 12.8 Å². The summed E-state index contributed by atoms with van der Waals surface area (Å²) in [6.07, 6.45) is 1.96. The third-order valence-electron chi connectivity index (χ3n) is 2.81. The highest BCUT2D eigenvalue weighted by Crippen LogP contribution is 2.21. The van der Waals surface area contributed by atoms with Crippen molar-refractivity contribution in [2.24, 2.45) is 5.73 Å². The number of aliphatic hydroxyl groups excluding tert-OH is 1. The number of furan rings is 1. The van der Waals surface area contributed by atoms with Crippen LogP contribution in [0.2, 0.25) is 0 Å². The van der Waals surface area contributed by atoms with E-state index in [4.69, 9.17) is 15.3 Å². The molecule has 0 aromatic carbocycles. The molecular weight excluding hydrogens is 260 g/mol. The molecule has 108 valence electrons. The maximum atomic E-state index is 11.0. The third kappa shape index (κ3) is 3.24. The van der Waals surface area contributed by atoms with Crippen molar-refractivity contribution in [3.8, 4) is 11.6 Å². The number of nitrogens with zero attached hydrogens (tertiary/aromatic N) is 3. The predicted octanol–water partition coefficient (Wildman–Crippen LogP) is 0.858. The molecule has 3 N–H and O–H groups in total. The molecule has 2 aromatic heterocycles. The summed E-state index contributed by atoms with van der Waals surface area (Å²) in [5.41, 5.74) is 5.16. The van der Waals surface area contributed by atoms with E-state index in [2.05, 4.69) is 17.0 Å². The number of amides is 1. The van der Waals surface area contributed by atoms with Crippen LogP contribution in [0.3, 0.4) is 0 Å². The molecule has 2 heterocycles. The molecule has 0 radical (unpaired) electrons. The van der Waals surface area contributed by atoms with E-state index in [9.17, 15) is 4.79 Å². The monoisotopic (exact) mass is 278 g/mol. The second kappa shape index (κ2) is 6.33. The van der Waals surface area contributed by atoms with E-state index < -0.39 is 5.91 Å². The smallest absolute Gasteiger partial charge is 0.225 e. The minimum absolute atomic E-state index is 0.000307. The molecule has 7 nitrogen and oxygen atoms in total.